The normalized spacial score (nSPS) is 10.9. The van der Waals surface area contributed by atoms with E-state index in [-0.39, 0.29) is 11.6 Å². The largest absolute Gasteiger partial charge is 0.318 e. The van der Waals surface area contributed by atoms with E-state index in [9.17, 15) is 9.18 Å². The third kappa shape index (κ3) is 4.05. The number of aromatic nitrogens is 1. The molecule has 0 saturated carbocycles. The smallest absolute Gasteiger partial charge is 0.174 e. The molecule has 0 unspecified atom stereocenters. The average Bonchev–Trinajstić information content (AvgIpc) is 2.90. The topological polar surface area (TPSA) is 22.0 Å². The van der Waals surface area contributed by atoms with Crippen LogP contribution in [-0.4, -0.2) is 16.1 Å². The highest BCUT2D eigenvalue weighted by Gasteiger charge is 2.17. The number of hydrogen-bond donors (Lipinski definition) is 0. The van der Waals surface area contributed by atoms with Crippen LogP contribution in [0, 0.1) is 19.7 Å². The predicted molar refractivity (Wildman–Crippen MR) is 104 cm³/mol. The molecule has 0 atom stereocenters. The molecule has 0 saturated heterocycles. The second-order valence-electron chi connectivity index (χ2n) is 5.76. The molecule has 0 aliphatic rings. The molecule has 0 bridgehead atoms. The Kier molecular flexibility index (Phi) is 5.45. The van der Waals surface area contributed by atoms with Crippen LogP contribution in [0.15, 0.2) is 64.0 Å². The first-order valence-electron chi connectivity index (χ1n) is 7.82. The van der Waals surface area contributed by atoms with Crippen molar-refractivity contribution in [2.24, 2.45) is 0 Å². The number of carbonyl (C=O) groups is 1. The molecule has 3 aromatic rings. The van der Waals surface area contributed by atoms with Gasteiger partial charge in [0.2, 0.25) is 0 Å². The lowest BCUT2D eigenvalue weighted by molar-refractivity contribution is 0.102. The molecule has 0 aliphatic heterocycles. The molecule has 0 radical (unpaired) electrons. The maximum Gasteiger partial charge on any atom is 0.174 e. The van der Waals surface area contributed by atoms with Gasteiger partial charge in [-0.05, 0) is 68.4 Å². The second-order valence-corrected chi connectivity index (χ2v) is 7.73. The molecule has 0 fully saturated rings. The third-order valence-corrected chi connectivity index (χ3v) is 5.54. The van der Waals surface area contributed by atoms with Gasteiger partial charge >= 0.3 is 0 Å². The Balaban J connectivity index is 1.80. The molecule has 0 amide bonds. The summed E-state index contributed by atoms with van der Waals surface area (Å²) in [6, 6.07) is 16.1. The van der Waals surface area contributed by atoms with Crippen molar-refractivity contribution in [2.75, 3.05) is 5.75 Å². The van der Waals surface area contributed by atoms with Crippen LogP contribution in [0.5, 0.6) is 0 Å². The minimum Gasteiger partial charge on any atom is -0.318 e. The van der Waals surface area contributed by atoms with E-state index in [0.717, 1.165) is 26.4 Å². The van der Waals surface area contributed by atoms with E-state index in [1.807, 2.05) is 48.7 Å². The number of nitrogens with zero attached hydrogens (tertiary/aromatic N) is 1. The summed E-state index contributed by atoms with van der Waals surface area (Å²) in [5.41, 5.74) is 3.41. The quantitative estimate of drug-likeness (QED) is 0.376. The van der Waals surface area contributed by atoms with Crippen molar-refractivity contribution in [2.45, 2.75) is 18.7 Å². The van der Waals surface area contributed by atoms with Crippen LogP contribution in [0.25, 0.3) is 5.69 Å². The SMILES string of the molecule is Cc1cc(C(=O)CSc2ccc(Br)cc2)c(C)n1-c1ccc(F)cc1. The van der Waals surface area contributed by atoms with Gasteiger partial charge in [0.05, 0.1) is 5.75 Å². The first-order valence-corrected chi connectivity index (χ1v) is 9.60. The Labute approximate surface area is 159 Å². The van der Waals surface area contributed by atoms with Crippen LogP contribution in [0.4, 0.5) is 4.39 Å². The number of Topliss-reactive ketones (excluding diaryl/α,β-unsaturated/α-hetero) is 1. The number of thioether (sulfide) groups is 1. The average molecular weight is 418 g/mol. The van der Waals surface area contributed by atoms with Gasteiger partial charge in [-0.2, -0.15) is 0 Å². The minimum atomic E-state index is -0.270. The summed E-state index contributed by atoms with van der Waals surface area (Å²) in [6.45, 7) is 3.88. The van der Waals surface area contributed by atoms with Gasteiger partial charge in [0, 0.05) is 32.0 Å². The molecule has 1 heterocycles. The zero-order chi connectivity index (χ0) is 18.0. The third-order valence-electron chi connectivity index (χ3n) is 4.00. The van der Waals surface area contributed by atoms with Crippen molar-refractivity contribution in [3.63, 3.8) is 0 Å². The molecule has 2 nitrogen and oxygen atoms in total. The van der Waals surface area contributed by atoms with Gasteiger partial charge in [-0.15, -0.1) is 11.8 Å². The summed E-state index contributed by atoms with van der Waals surface area (Å²) in [7, 11) is 0. The number of aryl methyl sites for hydroxylation is 1. The lowest BCUT2D eigenvalue weighted by Gasteiger charge is -2.10. The first kappa shape index (κ1) is 18.0. The lowest BCUT2D eigenvalue weighted by Crippen LogP contribution is -2.05. The second kappa shape index (κ2) is 7.58. The molecule has 1 aromatic heterocycles. The number of halogens is 2. The van der Waals surface area contributed by atoms with Gasteiger partial charge < -0.3 is 4.57 Å². The lowest BCUT2D eigenvalue weighted by atomic mass is 10.2. The number of rotatable bonds is 5. The van der Waals surface area contributed by atoms with E-state index in [1.165, 1.54) is 23.9 Å². The Bertz CT molecular complexity index is 901. The van der Waals surface area contributed by atoms with Gasteiger partial charge in [0.25, 0.3) is 0 Å². The molecule has 5 heteroatoms. The fourth-order valence-corrected chi connectivity index (χ4v) is 3.84. The summed E-state index contributed by atoms with van der Waals surface area (Å²) in [6.07, 6.45) is 0. The number of benzene rings is 2. The zero-order valence-electron chi connectivity index (χ0n) is 13.9. The molecular formula is C20H17BrFNOS. The number of hydrogen-bond acceptors (Lipinski definition) is 2. The van der Waals surface area contributed by atoms with Crippen LogP contribution in [0.1, 0.15) is 21.7 Å². The summed E-state index contributed by atoms with van der Waals surface area (Å²) >= 11 is 4.93. The van der Waals surface area contributed by atoms with Gasteiger partial charge in [-0.25, -0.2) is 4.39 Å². The Hall–Kier alpha value is -1.85. The fraction of sp³-hybridized carbons (Fsp3) is 0.150. The van der Waals surface area contributed by atoms with Crippen molar-refractivity contribution >= 4 is 33.5 Å². The minimum absolute atomic E-state index is 0.0920. The molecule has 0 N–H and O–H groups in total. The summed E-state index contributed by atoms with van der Waals surface area (Å²) < 4.78 is 16.2. The van der Waals surface area contributed by atoms with Gasteiger partial charge in [-0.1, -0.05) is 15.9 Å². The number of ketones is 1. The van der Waals surface area contributed by atoms with Crippen LogP contribution in [-0.2, 0) is 0 Å². The van der Waals surface area contributed by atoms with Crippen molar-refractivity contribution < 1.29 is 9.18 Å². The Morgan fingerprint density at radius 3 is 2.36 bits per heavy atom. The number of carbonyl (C=O) groups excluding carboxylic acids is 1. The highest BCUT2D eigenvalue weighted by Crippen LogP contribution is 2.25. The Morgan fingerprint density at radius 1 is 1.08 bits per heavy atom. The van der Waals surface area contributed by atoms with E-state index in [1.54, 1.807) is 12.1 Å². The van der Waals surface area contributed by atoms with Gasteiger partial charge in [0.1, 0.15) is 5.82 Å². The molecule has 25 heavy (non-hydrogen) atoms. The van der Waals surface area contributed by atoms with E-state index >= 15 is 0 Å². The van der Waals surface area contributed by atoms with Crippen molar-refractivity contribution in [3.8, 4) is 5.69 Å². The highest BCUT2D eigenvalue weighted by atomic mass is 79.9. The van der Waals surface area contributed by atoms with Crippen LogP contribution in [0.2, 0.25) is 0 Å². The first-order chi connectivity index (χ1) is 12.0. The molecule has 2 aromatic carbocycles. The van der Waals surface area contributed by atoms with E-state index in [2.05, 4.69) is 15.9 Å². The summed E-state index contributed by atoms with van der Waals surface area (Å²) in [5.74, 6) is 0.206. The molecular weight excluding hydrogens is 401 g/mol. The van der Waals surface area contributed by atoms with Gasteiger partial charge in [0.15, 0.2) is 5.78 Å². The molecule has 128 valence electrons. The maximum absolute atomic E-state index is 13.2. The summed E-state index contributed by atoms with van der Waals surface area (Å²) in [5, 5.41) is 0. The standard InChI is InChI=1S/C20H17BrFNOS/c1-13-11-19(14(2)23(13)17-7-5-16(22)6-8-17)20(24)12-25-18-9-3-15(21)4-10-18/h3-11H,12H2,1-2H3. The summed E-state index contributed by atoms with van der Waals surface area (Å²) in [4.78, 5) is 13.7. The van der Waals surface area contributed by atoms with Crippen LogP contribution < -0.4 is 0 Å². The van der Waals surface area contributed by atoms with Gasteiger partial charge in [-0.3, -0.25) is 4.79 Å². The predicted octanol–water partition coefficient (Wildman–Crippen LogP) is 5.97. The molecule has 0 aliphatic carbocycles. The van der Waals surface area contributed by atoms with Crippen LogP contribution in [0.3, 0.4) is 0 Å². The van der Waals surface area contributed by atoms with E-state index < -0.39 is 0 Å². The van der Waals surface area contributed by atoms with Crippen molar-refractivity contribution in [3.05, 3.63) is 81.8 Å². The zero-order valence-corrected chi connectivity index (χ0v) is 16.3. The fourth-order valence-electron chi connectivity index (χ4n) is 2.79. The van der Waals surface area contributed by atoms with Crippen molar-refractivity contribution in [1.29, 1.82) is 0 Å². The molecule has 3 rings (SSSR count). The monoisotopic (exact) mass is 417 g/mol. The molecule has 0 spiro atoms. The maximum atomic E-state index is 13.2. The van der Waals surface area contributed by atoms with E-state index in [4.69, 9.17) is 0 Å². The highest BCUT2D eigenvalue weighted by molar-refractivity contribution is 9.10. The van der Waals surface area contributed by atoms with E-state index in [0.29, 0.717) is 11.3 Å². The Morgan fingerprint density at radius 2 is 1.72 bits per heavy atom. The van der Waals surface area contributed by atoms with Crippen LogP contribution >= 0.6 is 27.7 Å². The van der Waals surface area contributed by atoms with Crippen molar-refractivity contribution in [1.82, 2.24) is 4.57 Å².